The second-order valence-corrected chi connectivity index (χ2v) is 1.58. The second kappa shape index (κ2) is 4.17. The molecule has 0 aromatic rings. The van der Waals surface area contributed by atoms with E-state index in [1.54, 1.807) is 0 Å². The predicted octanol–water partition coefficient (Wildman–Crippen LogP) is -0.0455. The molecule has 42 valence electrons. The monoisotopic (exact) mass is 132 g/mol. The maximum absolute atomic E-state index is 9.34. The highest BCUT2D eigenvalue weighted by Gasteiger charge is 2.05. The third-order valence-electron chi connectivity index (χ3n) is 0.251. The highest BCUT2D eigenvalue weighted by molar-refractivity contribution is 7.92. The maximum Gasteiger partial charge on any atom is 0.354 e. The van der Waals surface area contributed by atoms with Crippen LogP contribution in [0.15, 0.2) is 8.92 Å². The Labute approximate surface area is 47.8 Å². The summed E-state index contributed by atoms with van der Waals surface area (Å²) >= 11 is -1.36. The van der Waals surface area contributed by atoms with E-state index in [0.29, 0.717) is 0 Å². The van der Waals surface area contributed by atoms with Crippen LogP contribution < -0.4 is 5.14 Å². The van der Waals surface area contributed by atoms with E-state index < -0.39 is 11.5 Å². The fraction of sp³-hybridized carbons (Fsp3) is 0. The summed E-state index contributed by atoms with van der Waals surface area (Å²) in [5.41, 5.74) is 7.66. The van der Waals surface area contributed by atoms with E-state index in [-0.39, 0.29) is 0 Å². The van der Waals surface area contributed by atoms with Crippen molar-refractivity contribution in [1.29, 1.82) is 0 Å². The molecule has 0 fully saturated rings. The van der Waals surface area contributed by atoms with Gasteiger partial charge in [0.2, 0.25) is 0 Å². The molecule has 0 aliphatic carbocycles. The van der Waals surface area contributed by atoms with Gasteiger partial charge in [0, 0.05) is 5.53 Å². The SMILES string of the molecule is [N-]=[N+]=N[S+](N)N=C=O. The van der Waals surface area contributed by atoms with Crippen LogP contribution in [0.5, 0.6) is 0 Å². The molecule has 0 aromatic heterocycles. The molecule has 1 atom stereocenters. The summed E-state index contributed by atoms with van der Waals surface area (Å²) in [5, 5.41) is 4.87. The maximum atomic E-state index is 9.34. The molecule has 1 unspecified atom stereocenters. The molecule has 8 heavy (non-hydrogen) atoms. The number of nitrogens with zero attached hydrogens (tertiary/aromatic N) is 4. The fourth-order valence-corrected chi connectivity index (χ4v) is 0.282. The van der Waals surface area contributed by atoms with Crippen molar-refractivity contribution < 1.29 is 4.79 Å². The number of carbonyl (C=O) groups excluding carboxylic acids is 1. The van der Waals surface area contributed by atoms with E-state index in [1.165, 1.54) is 0 Å². The lowest BCUT2D eigenvalue weighted by Crippen LogP contribution is -2.03. The predicted molar refractivity (Wildman–Crippen MR) is 28.8 cm³/mol. The molecule has 0 aliphatic rings. The molecule has 0 aromatic carbocycles. The first-order valence-electron chi connectivity index (χ1n) is 1.43. The van der Waals surface area contributed by atoms with E-state index in [2.05, 4.69) is 13.8 Å². The Morgan fingerprint density at radius 1 is 1.88 bits per heavy atom. The van der Waals surface area contributed by atoms with Gasteiger partial charge < -0.3 is 0 Å². The van der Waals surface area contributed by atoms with Crippen LogP contribution in [0.1, 0.15) is 0 Å². The number of hydrogen-bond acceptors (Lipinski definition) is 4. The van der Waals surface area contributed by atoms with Gasteiger partial charge in [-0.3, -0.25) is 0 Å². The molecule has 7 heteroatoms. The van der Waals surface area contributed by atoms with Crippen molar-refractivity contribution >= 4 is 17.5 Å². The van der Waals surface area contributed by atoms with Gasteiger partial charge in [-0.2, -0.15) is 0 Å². The fourth-order valence-electron chi connectivity index (χ4n) is 0.0939. The number of rotatable bonds is 2. The molecule has 0 saturated heterocycles. The Hall–Kier alpha value is -1.00. The molecule has 0 amide bonds. The lowest BCUT2D eigenvalue weighted by atomic mass is 11.7. The molecule has 0 heterocycles. The molecule has 0 saturated carbocycles. The minimum atomic E-state index is -1.36. The Morgan fingerprint density at radius 3 is 2.88 bits per heavy atom. The summed E-state index contributed by atoms with van der Waals surface area (Å²) in [5.74, 6) is 0. The summed E-state index contributed by atoms with van der Waals surface area (Å²) in [4.78, 5) is 11.6. The topological polar surface area (TPSA) is 104 Å². The van der Waals surface area contributed by atoms with Crippen LogP contribution >= 0.6 is 0 Å². The lowest BCUT2D eigenvalue weighted by molar-refractivity contribution is 0.566. The quantitative estimate of drug-likeness (QED) is 0.142. The van der Waals surface area contributed by atoms with Gasteiger partial charge in [-0.15, -0.1) is 5.14 Å². The van der Waals surface area contributed by atoms with Crippen molar-refractivity contribution in [3.05, 3.63) is 10.4 Å². The van der Waals surface area contributed by atoms with Gasteiger partial charge in [-0.1, -0.05) is 0 Å². The smallest absolute Gasteiger partial charge is 0.207 e. The first-order chi connectivity index (χ1) is 3.81. The highest BCUT2D eigenvalue weighted by Crippen LogP contribution is 1.85. The summed E-state index contributed by atoms with van der Waals surface area (Å²) in [6.45, 7) is 0. The van der Waals surface area contributed by atoms with Crippen molar-refractivity contribution in [2.45, 2.75) is 0 Å². The van der Waals surface area contributed by atoms with Crippen LogP contribution in [-0.4, -0.2) is 6.08 Å². The minimum absolute atomic E-state index is 1.15. The standard InChI is InChI=1S/CH2N5OS/c2-5-6-8(3)4-1-7/h3H2/q+1. The zero-order valence-corrected chi connectivity index (χ0v) is 4.50. The number of isocyanates is 1. The molecular formula is CH2N5OS+. The molecule has 0 bridgehead atoms. The summed E-state index contributed by atoms with van der Waals surface area (Å²) < 4.78 is 5.77. The van der Waals surface area contributed by atoms with Gasteiger partial charge in [-0.25, -0.2) is 4.79 Å². The van der Waals surface area contributed by atoms with Gasteiger partial charge in [0.05, 0.1) is 9.31 Å². The van der Waals surface area contributed by atoms with E-state index in [4.69, 9.17) is 10.7 Å². The molecule has 0 rings (SSSR count). The molecule has 0 spiro atoms. The molecule has 0 aliphatic heterocycles. The van der Waals surface area contributed by atoms with Crippen molar-refractivity contribution in [2.24, 2.45) is 14.1 Å². The minimum Gasteiger partial charge on any atom is -0.207 e. The van der Waals surface area contributed by atoms with Gasteiger partial charge in [0.25, 0.3) is 6.08 Å². The molecule has 0 radical (unpaired) electrons. The summed E-state index contributed by atoms with van der Waals surface area (Å²) in [6.07, 6.45) is 1.15. The zero-order chi connectivity index (χ0) is 6.41. The first-order valence-corrected chi connectivity index (χ1v) is 2.63. The molecule has 2 N–H and O–H groups in total. The Kier molecular flexibility index (Phi) is 3.65. The van der Waals surface area contributed by atoms with Gasteiger partial charge >= 0.3 is 11.5 Å². The van der Waals surface area contributed by atoms with Gasteiger partial charge in [-0.05, 0) is 0 Å². The largest absolute Gasteiger partial charge is 0.354 e. The second-order valence-electron chi connectivity index (χ2n) is 0.646. The highest BCUT2D eigenvalue weighted by atomic mass is 32.2. The summed E-state index contributed by atoms with van der Waals surface area (Å²) in [7, 11) is 0. The van der Waals surface area contributed by atoms with Crippen LogP contribution in [0.4, 0.5) is 0 Å². The van der Waals surface area contributed by atoms with Crippen molar-refractivity contribution in [3.63, 3.8) is 0 Å². The Bertz CT molecular complexity index is 136. The van der Waals surface area contributed by atoms with E-state index in [0.717, 1.165) is 6.08 Å². The molecule has 6 nitrogen and oxygen atoms in total. The van der Waals surface area contributed by atoms with E-state index in [9.17, 15) is 4.79 Å². The van der Waals surface area contributed by atoms with E-state index in [1.807, 2.05) is 0 Å². The third-order valence-corrected chi connectivity index (χ3v) is 0.753. The van der Waals surface area contributed by atoms with Gasteiger partial charge in [0.1, 0.15) is 0 Å². The van der Waals surface area contributed by atoms with Gasteiger partial charge in [0.15, 0.2) is 4.52 Å². The number of nitrogens with two attached hydrogens (primary N) is 1. The average Bonchev–Trinajstić information content (AvgIpc) is 1.68. The summed E-state index contributed by atoms with van der Waals surface area (Å²) in [6, 6.07) is 0. The lowest BCUT2D eigenvalue weighted by Gasteiger charge is -1.66. The van der Waals surface area contributed by atoms with Crippen molar-refractivity contribution in [2.75, 3.05) is 0 Å². The van der Waals surface area contributed by atoms with Crippen LogP contribution in [0, 0.1) is 0 Å². The first kappa shape index (κ1) is 7.00. The number of azide groups is 1. The normalized spacial score (nSPS) is 10.6. The Morgan fingerprint density at radius 2 is 2.50 bits per heavy atom. The molecular weight excluding hydrogens is 130 g/mol. The number of hydrogen-bond donors (Lipinski definition) is 1. The van der Waals surface area contributed by atoms with Crippen LogP contribution in [0.2, 0.25) is 0 Å². The zero-order valence-electron chi connectivity index (χ0n) is 3.68. The van der Waals surface area contributed by atoms with Crippen LogP contribution in [0.3, 0.4) is 0 Å². The van der Waals surface area contributed by atoms with Crippen LogP contribution in [0.25, 0.3) is 10.4 Å². The average molecular weight is 132 g/mol. The van der Waals surface area contributed by atoms with E-state index >= 15 is 0 Å². The van der Waals surface area contributed by atoms with Crippen molar-refractivity contribution in [3.8, 4) is 0 Å². The third kappa shape index (κ3) is 3.20. The van der Waals surface area contributed by atoms with Crippen molar-refractivity contribution in [1.82, 2.24) is 0 Å². The van der Waals surface area contributed by atoms with Crippen LogP contribution in [-0.2, 0) is 16.2 Å². The Balaban J connectivity index is 3.82.